The summed E-state index contributed by atoms with van der Waals surface area (Å²) < 4.78 is 0. The third-order valence-corrected chi connectivity index (χ3v) is 0.943. The Bertz CT molecular complexity index is 238. The molecule has 0 radical (unpaired) electrons. The van der Waals surface area contributed by atoms with Gasteiger partial charge in [0, 0.05) is 0 Å². The Morgan fingerprint density at radius 3 is 2.80 bits per heavy atom. The second-order valence-corrected chi connectivity index (χ2v) is 1.70. The number of hydrogen-bond acceptors (Lipinski definition) is 3. The highest BCUT2D eigenvalue weighted by molar-refractivity contribution is 5.33. The molecular formula is C6H8N4. The molecule has 0 saturated carbocycles. The monoisotopic (exact) mass is 136 g/mol. The molecular weight excluding hydrogens is 128 g/mol. The number of tetrazole rings is 1. The van der Waals surface area contributed by atoms with Crippen LogP contribution in [0.15, 0.2) is 19.2 Å². The number of rotatable bonds is 3. The summed E-state index contributed by atoms with van der Waals surface area (Å²) in [6, 6.07) is 0. The predicted molar refractivity (Wildman–Crippen MR) is 38.1 cm³/mol. The van der Waals surface area contributed by atoms with Gasteiger partial charge in [-0.15, -0.1) is 16.8 Å². The van der Waals surface area contributed by atoms with Crippen molar-refractivity contribution in [2.75, 3.05) is 0 Å². The first-order valence-electron chi connectivity index (χ1n) is 2.88. The molecule has 10 heavy (non-hydrogen) atoms. The number of nitrogens with zero attached hydrogens (tertiary/aromatic N) is 4. The van der Waals surface area contributed by atoms with Crippen molar-refractivity contribution in [2.45, 2.75) is 6.54 Å². The third kappa shape index (κ3) is 1.28. The Balaban J connectivity index is 2.77. The molecule has 1 aromatic heterocycles. The van der Waals surface area contributed by atoms with Gasteiger partial charge < -0.3 is 0 Å². The normalized spacial score (nSPS) is 9.20. The molecule has 0 atom stereocenters. The first-order valence-corrected chi connectivity index (χ1v) is 2.88. The molecule has 52 valence electrons. The maximum Gasteiger partial charge on any atom is 0.197 e. The molecule has 4 nitrogen and oxygen atoms in total. The SMILES string of the molecule is C=CCn1nnc(C=C)n1. The van der Waals surface area contributed by atoms with Crippen LogP contribution in [0.3, 0.4) is 0 Å². The first kappa shape index (κ1) is 6.67. The van der Waals surface area contributed by atoms with Gasteiger partial charge in [0.1, 0.15) is 0 Å². The van der Waals surface area contributed by atoms with Gasteiger partial charge in [-0.3, -0.25) is 0 Å². The van der Waals surface area contributed by atoms with Crippen molar-refractivity contribution in [2.24, 2.45) is 0 Å². The fourth-order valence-electron chi connectivity index (χ4n) is 0.530. The highest BCUT2D eigenvalue weighted by atomic mass is 15.6. The highest BCUT2D eigenvalue weighted by Gasteiger charge is 1.93. The molecule has 0 saturated heterocycles. The van der Waals surface area contributed by atoms with Gasteiger partial charge in [-0.2, -0.15) is 4.80 Å². The van der Waals surface area contributed by atoms with Gasteiger partial charge in [-0.1, -0.05) is 12.7 Å². The quantitative estimate of drug-likeness (QED) is 0.568. The predicted octanol–water partition coefficient (Wildman–Crippen LogP) is 0.502. The average molecular weight is 136 g/mol. The van der Waals surface area contributed by atoms with E-state index in [1.54, 1.807) is 12.2 Å². The van der Waals surface area contributed by atoms with Crippen molar-refractivity contribution in [1.82, 2.24) is 20.2 Å². The van der Waals surface area contributed by atoms with E-state index in [1.165, 1.54) is 4.80 Å². The van der Waals surface area contributed by atoms with E-state index in [9.17, 15) is 0 Å². The second kappa shape index (κ2) is 2.91. The average Bonchev–Trinajstić information content (AvgIpc) is 2.37. The zero-order valence-electron chi connectivity index (χ0n) is 5.56. The summed E-state index contributed by atoms with van der Waals surface area (Å²) in [6.45, 7) is 7.62. The van der Waals surface area contributed by atoms with Crippen molar-refractivity contribution >= 4 is 6.08 Å². The van der Waals surface area contributed by atoms with E-state index >= 15 is 0 Å². The molecule has 1 rings (SSSR count). The van der Waals surface area contributed by atoms with Crippen LogP contribution < -0.4 is 0 Å². The number of aromatic nitrogens is 4. The third-order valence-electron chi connectivity index (χ3n) is 0.943. The molecule has 0 N–H and O–H groups in total. The van der Waals surface area contributed by atoms with Crippen LogP contribution in [-0.2, 0) is 6.54 Å². The minimum Gasteiger partial charge on any atom is -0.160 e. The van der Waals surface area contributed by atoms with Gasteiger partial charge in [0.05, 0.1) is 6.54 Å². The zero-order valence-corrected chi connectivity index (χ0v) is 5.56. The summed E-state index contributed by atoms with van der Waals surface area (Å²) in [7, 11) is 0. The fourth-order valence-corrected chi connectivity index (χ4v) is 0.530. The largest absolute Gasteiger partial charge is 0.197 e. The summed E-state index contributed by atoms with van der Waals surface area (Å²) in [5.41, 5.74) is 0. The van der Waals surface area contributed by atoms with Gasteiger partial charge >= 0.3 is 0 Å². The molecule has 0 aliphatic rings. The van der Waals surface area contributed by atoms with Crippen molar-refractivity contribution in [3.05, 3.63) is 25.1 Å². The lowest BCUT2D eigenvalue weighted by Gasteiger charge is -1.85. The fraction of sp³-hybridized carbons (Fsp3) is 0.167. The Morgan fingerprint density at radius 2 is 2.30 bits per heavy atom. The Labute approximate surface area is 58.9 Å². The molecule has 0 fully saturated rings. The smallest absolute Gasteiger partial charge is 0.160 e. The van der Waals surface area contributed by atoms with Crippen LogP contribution in [0.4, 0.5) is 0 Å². The van der Waals surface area contributed by atoms with Gasteiger partial charge in [0.15, 0.2) is 5.82 Å². The van der Waals surface area contributed by atoms with E-state index in [4.69, 9.17) is 0 Å². The van der Waals surface area contributed by atoms with Crippen molar-refractivity contribution < 1.29 is 0 Å². The summed E-state index contributed by atoms with van der Waals surface area (Å²) in [5.74, 6) is 0.543. The van der Waals surface area contributed by atoms with E-state index in [-0.39, 0.29) is 0 Å². The maximum atomic E-state index is 3.92. The first-order chi connectivity index (χ1) is 4.86. The highest BCUT2D eigenvalue weighted by Crippen LogP contribution is 1.86. The van der Waals surface area contributed by atoms with E-state index in [2.05, 4.69) is 28.6 Å². The molecule has 0 unspecified atom stereocenters. The molecule has 0 aliphatic heterocycles. The summed E-state index contributed by atoms with van der Waals surface area (Å²) >= 11 is 0. The van der Waals surface area contributed by atoms with Crippen LogP contribution >= 0.6 is 0 Å². The van der Waals surface area contributed by atoms with E-state index in [1.807, 2.05) is 0 Å². The van der Waals surface area contributed by atoms with Gasteiger partial charge in [-0.25, -0.2) is 0 Å². The Hall–Kier alpha value is -1.45. The number of allylic oxidation sites excluding steroid dienone is 1. The van der Waals surface area contributed by atoms with Crippen LogP contribution in [0.1, 0.15) is 5.82 Å². The maximum absolute atomic E-state index is 3.92. The van der Waals surface area contributed by atoms with E-state index < -0.39 is 0 Å². The van der Waals surface area contributed by atoms with Crippen molar-refractivity contribution in [3.63, 3.8) is 0 Å². The molecule has 0 bridgehead atoms. The van der Waals surface area contributed by atoms with Crippen molar-refractivity contribution in [1.29, 1.82) is 0 Å². The summed E-state index contributed by atoms with van der Waals surface area (Å²) in [4.78, 5) is 1.45. The Kier molecular flexibility index (Phi) is 1.94. The minimum atomic E-state index is 0.543. The van der Waals surface area contributed by atoms with Crippen LogP contribution in [0.25, 0.3) is 6.08 Å². The molecule has 0 aromatic carbocycles. The van der Waals surface area contributed by atoms with Gasteiger partial charge in [-0.05, 0) is 11.3 Å². The van der Waals surface area contributed by atoms with Gasteiger partial charge in [0.25, 0.3) is 0 Å². The minimum absolute atomic E-state index is 0.543. The topological polar surface area (TPSA) is 43.6 Å². The van der Waals surface area contributed by atoms with Crippen molar-refractivity contribution in [3.8, 4) is 0 Å². The second-order valence-electron chi connectivity index (χ2n) is 1.70. The molecule has 0 amide bonds. The molecule has 4 heteroatoms. The molecule has 1 aromatic rings. The van der Waals surface area contributed by atoms with Crippen LogP contribution in [-0.4, -0.2) is 20.2 Å². The van der Waals surface area contributed by atoms with Crippen LogP contribution in [0, 0.1) is 0 Å². The molecule has 0 aliphatic carbocycles. The van der Waals surface area contributed by atoms with E-state index in [0.29, 0.717) is 12.4 Å². The summed E-state index contributed by atoms with van der Waals surface area (Å²) in [6.07, 6.45) is 3.25. The Morgan fingerprint density at radius 1 is 1.50 bits per heavy atom. The standard InChI is InChI=1S/C6H8N4/c1-3-5-10-8-6(4-2)7-9-10/h3-4H,1-2,5H2. The lowest BCUT2D eigenvalue weighted by molar-refractivity contribution is 0.582. The number of hydrogen-bond donors (Lipinski definition) is 0. The van der Waals surface area contributed by atoms with Gasteiger partial charge in [0.2, 0.25) is 0 Å². The molecule has 0 spiro atoms. The lowest BCUT2D eigenvalue weighted by Crippen LogP contribution is -1.99. The van der Waals surface area contributed by atoms with Crippen LogP contribution in [0.5, 0.6) is 0 Å². The summed E-state index contributed by atoms with van der Waals surface area (Å²) in [5, 5.41) is 11.3. The van der Waals surface area contributed by atoms with Crippen LogP contribution in [0.2, 0.25) is 0 Å². The van der Waals surface area contributed by atoms with E-state index in [0.717, 1.165) is 0 Å². The lowest BCUT2D eigenvalue weighted by atomic mass is 10.6. The zero-order chi connectivity index (χ0) is 7.40. The molecule has 1 heterocycles.